The third kappa shape index (κ3) is 5.24. The molecule has 126 valence electrons. The molecular formula is C17H22BrNO3S. The Kier molecular flexibility index (Phi) is 6.96. The average Bonchev–Trinajstić information content (AvgIpc) is 2.93. The zero-order chi connectivity index (χ0) is 16.8. The van der Waals surface area contributed by atoms with E-state index in [0.29, 0.717) is 19.4 Å². The molecule has 6 heteroatoms. The van der Waals surface area contributed by atoms with Crippen LogP contribution in [0.3, 0.4) is 0 Å². The normalized spacial score (nSPS) is 16.3. The quantitative estimate of drug-likeness (QED) is 0.634. The first kappa shape index (κ1) is 18.3. The van der Waals surface area contributed by atoms with Gasteiger partial charge < -0.3 is 4.74 Å². The molecule has 1 aromatic heterocycles. The van der Waals surface area contributed by atoms with Gasteiger partial charge in [-0.25, -0.2) is 9.78 Å². The van der Waals surface area contributed by atoms with Crippen molar-refractivity contribution in [2.75, 3.05) is 6.61 Å². The van der Waals surface area contributed by atoms with Crippen molar-refractivity contribution in [1.82, 2.24) is 4.98 Å². The number of hydrogen-bond acceptors (Lipinski definition) is 5. The maximum absolute atomic E-state index is 12.5. The van der Waals surface area contributed by atoms with Crippen LogP contribution in [0.25, 0.3) is 0 Å². The molecular weight excluding hydrogens is 378 g/mol. The Hall–Kier alpha value is -1.01. The molecule has 0 aromatic carbocycles. The Morgan fingerprint density at radius 2 is 2.13 bits per heavy atom. The van der Waals surface area contributed by atoms with Crippen LogP contribution in [0, 0.1) is 5.92 Å². The Labute approximate surface area is 149 Å². The fourth-order valence-corrected chi connectivity index (χ4v) is 4.29. The van der Waals surface area contributed by atoms with Crippen LogP contribution in [0.1, 0.15) is 50.8 Å². The number of ether oxygens (including phenoxy) is 1. The van der Waals surface area contributed by atoms with Crippen molar-refractivity contribution in [3.05, 3.63) is 26.1 Å². The first-order chi connectivity index (χ1) is 11.0. The highest BCUT2D eigenvalue weighted by Crippen LogP contribution is 2.30. The largest absolute Gasteiger partial charge is 0.463 e. The topological polar surface area (TPSA) is 56.3 Å². The molecule has 1 unspecified atom stereocenters. The van der Waals surface area contributed by atoms with E-state index in [1.807, 2.05) is 13.1 Å². The van der Waals surface area contributed by atoms with E-state index in [4.69, 9.17) is 4.74 Å². The van der Waals surface area contributed by atoms with Gasteiger partial charge in [0.25, 0.3) is 0 Å². The number of rotatable bonds is 7. The van der Waals surface area contributed by atoms with Gasteiger partial charge in [-0.15, -0.1) is 11.3 Å². The van der Waals surface area contributed by atoms with E-state index in [2.05, 4.69) is 20.9 Å². The SMILES string of the molecule is CCOC(=O)C1=C(CC(=O)C(C)Cc2cnc(Br)s2)CCCC1. The number of halogens is 1. The molecule has 1 atom stereocenters. The van der Waals surface area contributed by atoms with Gasteiger partial charge in [0.2, 0.25) is 0 Å². The summed E-state index contributed by atoms with van der Waals surface area (Å²) in [4.78, 5) is 29.8. The minimum Gasteiger partial charge on any atom is -0.463 e. The van der Waals surface area contributed by atoms with Gasteiger partial charge in [0.1, 0.15) is 5.78 Å². The number of carbonyl (C=O) groups excluding carboxylic acids is 2. The van der Waals surface area contributed by atoms with Crippen LogP contribution in [0.15, 0.2) is 21.3 Å². The molecule has 0 bridgehead atoms. The summed E-state index contributed by atoms with van der Waals surface area (Å²) in [6.07, 6.45) is 6.48. The minimum atomic E-state index is -0.242. The fourth-order valence-electron chi connectivity index (χ4n) is 2.81. The molecule has 0 spiro atoms. The minimum absolute atomic E-state index is 0.0692. The van der Waals surface area contributed by atoms with E-state index in [0.717, 1.165) is 45.6 Å². The summed E-state index contributed by atoms with van der Waals surface area (Å²) in [7, 11) is 0. The Morgan fingerprint density at radius 3 is 2.78 bits per heavy atom. The van der Waals surface area contributed by atoms with Gasteiger partial charge in [-0.2, -0.15) is 0 Å². The van der Waals surface area contributed by atoms with Crippen molar-refractivity contribution in [2.24, 2.45) is 5.92 Å². The number of nitrogens with zero attached hydrogens (tertiary/aromatic N) is 1. The van der Waals surface area contributed by atoms with Crippen molar-refractivity contribution < 1.29 is 14.3 Å². The Bertz CT molecular complexity index is 609. The van der Waals surface area contributed by atoms with Gasteiger partial charge in [0.15, 0.2) is 3.92 Å². The first-order valence-corrected chi connectivity index (χ1v) is 9.63. The highest BCUT2D eigenvalue weighted by Gasteiger charge is 2.24. The molecule has 0 N–H and O–H groups in total. The van der Waals surface area contributed by atoms with Crippen LogP contribution >= 0.6 is 27.3 Å². The summed E-state index contributed by atoms with van der Waals surface area (Å²) in [5.74, 6) is -0.123. The fraction of sp³-hybridized carbons (Fsp3) is 0.588. The standard InChI is InChI=1S/C17H22BrNO3S/c1-3-22-16(21)14-7-5-4-6-12(14)9-15(20)11(2)8-13-10-19-17(18)23-13/h10-11H,3-9H2,1-2H3. The smallest absolute Gasteiger partial charge is 0.333 e. The predicted octanol–water partition coefficient (Wildman–Crippen LogP) is 4.48. The second kappa shape index (κ2) is 8.73. The monoisotopic (exact) mass is 399 g/mol. The number of thiazole rings is 1. The number of aromatic nitrogens is 1. The van der Waals surface area contributed by atoms with Gasteiger partial charge in [-0.3, -0.25) is 4.79 Å². The summed E-state index contributed by atoms with van der Waals surface area (Å²) in [5.41, 5.74) is 1.72. The molecule has 1 aliphatic rings. The highest BCUT2D eigenvalue weighted by molar-refractivity contribution is 9.11. The maximum atomic E-state index is 12.5. The molecule has 0 radical (unpaired) electrons. The molecule has 1 aliphatic carbocycles. The van der Waals surface area contributed by atoms with E-state index in [9.17, 15) is 9.59 Å². The highest BCUT2D eigenvalue weighted by atomic mass is 79.9. The van der Waals surface area contributed by atoms with Crippen LogP contribution in [0.2, 0.25) is 0 Å². The van der Waals surface area contributed by atoms with Gasteiger partial charge in [0, 0.05) is 29.0 Å². The Morgan fingerprint density at radius 1 is 1.39 bits per heavy atom. The molecule has 0 saturated heterocycles. The number of ketones is 1. The zero-order valence-corrected chi connectivity index (χ0v) is 16.0. The molecule has 4 nitrogen and oxygen atoms in total. The molecule has 23 heavy (non-hydrogen) atoms. The average molecular weight is 400 g/mol. The van der Waals surface area contributed by atoms with Crippen LogP contribution in [-0.4, -0.2) is 23.3 Å². The third-order valence-corrected chi connectivity index (χ3v) is 5.57. The number of allylic oxidation sites excluding steroid dienone is 1. The van der Waals surface area contributed by atoms with Crippen LogP contribution < -0.4 is 0 Å². The summed E-state index contributed by atoms with van der Waals surface area (Å²) in [6, 6.07) is 0. The second-order valence-corrected chi connectivity index (χ2v) is 8.23. The lowest BCUT2D eigenvalue weighted by Gasteiger charge is -2.20. The summed E-state index contributed by atoms with van der Waals surface area (Å²) >= 11 is 4.90. The number of esters is 1. The number of Topliss-reactive ketones (excluding diaryl/α,β-unsaturated/α-hetero) is 1. The number of carbonyl (C=O) groups is 2. The van der Waals surface area contributed by atoms with E-state index in [1.54, 1.807) is 18.3 Å². The van der Waals surface area contributed by atoms with E-state index >= 15 is 0 Å². The van der Waals surface area contributed by atoms with E-state index < -0.39 is 0 Å². The third-order valence-electron chi connectivity index (χ3n) is 4.07. The van der Waals surface area contributed by atoms with Crippen LogP contribution in [0.4, 0.5) is 0 Å². The zero-order valence-electron chi connectivity index (χ0n) is 13.6. The molecule has 0 saturated carbocycles. The molecule has 0 fully saturated rings. The Balaban J connectivity index is 2.02. The first-order valence-electron chi connectivity index (χ1n) is 8.02. The molecule has 0 aliphatic heterocycles. The molecule has 0 amide bonds. The van der Waals surface area contributed by atoms with Crippen molar-refractivity contribution in [3.63, 3.8) is 0 Å². The second-order valence-electron chi connectivity index (χ2n) is 5.84. The summed E-state index contributed by atoms with van der Waals surface area (Å²) < 4.78 is 5.97. The van der Waals surface area contributed by atoms with Gasteiger partial charge >= 0.3 is 5.97 Å². The summed E-state index contributed by atoms with van der Waals surface area (Å²) in [6.45, 7) is 4.13. The van der Waals surface area contributed by atoms with Crippen molar-refractivity contribution in [3.8, 4) is 0 Å². The van der Waals surface area contributed by atoms with E-state index in [1.165, 1.54) is 0 Å². The van der Waals surface area contributed by atoms with E-state index in [-0.39, 0.29) is 17.7 Å². The maximum Gasteiger partial charge on any atom is 0.333 e. The van der Waals surface area contributed by atoms with Crippen molar-refractivity contribution in [2.45, 2.75) is 52.4 Å². The molecule has 1 heterocycles. The lowest BCUT2D eigenvalue weighted by atomic mass is 9.86. The lowest BCUT2D eigenvalue weighted by Crippen LogP contribution is -2.18. The van der Waals surface area contributed by atoms with Crippen LogP contribution in [0.5, 0.6) is 0 Å². The molecule has 2 rings (SSSR count). The van der Waals surface area contributed by atoms with Crippen LogP contribution in [-0.2, 0) is 20.7 Å². The lowest BCUT2D eigenvalue weighted by molar-refractivity contribution is -0.138. The number of hydrogen-bond donors (Lipinski definition) is 0. The summed E-state index contributed by atoms with van der Waals surface area (Å²) in [5, 5.41) is 0. The molecule has 1 aromatic rings. The predicted molar refractivity (Wildman–Crippen MR) is 94.4 cm³/mol. The van der Waals surface area contributed by atoms with Gasteiger partial charge in [-0.1, -0.05) is 12.5 Å². The van der Waals surface area contributed by atoms with Gasteiger partial charge in [-0.05, 0) is 55.0 Å². The van der Waals surface area contributed by atoms with Crippen molar-refractivity contribution in [1.29, 1.82) is 0 Å². The van der Waals surface area contributed by atoms with Crippen molar-refractivity contribution >= 4 is 39.0 Å². The van der Waals surface area contributed by atoms with Gasteiger partial charge in [0.05, 0.1) is 6.61 Å².